The average Bonchev–Trinajstić information content (AvgIpc) is 2.18. The molecule has 0 heterocycles. The van der Waals surface area contributed by atoms with E-state index >= 15 is 0 Å². The number of nitrogens with two attached hydrogens (primary N) is 1. The zero-order chi connectivity index (χ0) is 10.4. The van der Waals surface area contributed by atoms with E-state index in [0.29, 0.717) is 5.41 Å². The number of hydrogen-bond donors (Lipinski definition) is 1. The molecule has 0 radical (unpaired) electrons. The highest BCUT2D eigenvalue weighted by atomic mass is 16.5. The molecule has 2 nitrogen and oxygen atoms in total. The normalized spacial score (nSPS) is 33.2. The van der Waals surface area contributed by atoms with Gasteiger partial charge >= 0.3 is 0 Å². The van der Waals surface area contributed by atoms with Crippen LogP contribution >= 0.6 is 0 Å². The van der Waals surface area contributed by atoms with E-state index in [1.165, 1.54) is 38.5 Å². The molecule has 1 fully saturated rings. The van der Waals surface area contributed by atoms with Gasteiger partial charge in [0.2, 0.25) is 0 Å². The van der Waals surface area contributed by atoms with Crippen LogP contribution in [0.2, 0.25) is 0 Å². The van der Waals surface area contributed by atoms with Crippen LogP contribution in [0.4, 0.5) is 0 Å². The van der Waals surface area contributed by atoms with Gasteiger partial charge in [-0.25, -0.2) is 0 Å². The van der Waals surface area contributed by atoms with Crippen LogP contribution < -0.4 is 5.73 Å². The highest BCUT2D eigenvalue weighted by molar-refractivity contribution is 4.86. The lowest BCUT2D eigenvalue weighted by atomic mass is 9.68. The van der Waals surface area contributed by atoms with Crippen LogP contribution in [0.25, 0.3) is 0 Å². The molecule has 1 saturated carbocycles. The van der Waals surface area contributed by atoms with Crippen molar-refractivity contribution < 1.29 is 4.74 Å². The van der Waals surface area contributed by atoms with E-state index in [4.69, 9.17) is 10.5 Å². The van der Waals surface area contributed by atoms with Crippen molar-refractivity contribution in [3.63, 3.8) is 0 Å². The van der Waals surface area contributed by atoms with Gasteiger partial charge in [0.1, 0.15) is 0 Å². The predicted octanol–water partition coefficient (Wildman–Crippen LogP) is 2.57. The Morgan fingerprint density at radius 2 is 2.29 bits per heavy atom. The maximum Gasteiger partial charge on any atom is 0.0462 e. The SMILES string of the molecule is COCCCC1(CN)CCCC(C)C1. The first kappa shape index (κ1) is 12.0. The molecule has 0 spiro atoms. The number of hydrogen-bond acceptors (Lipinski definition) is 2. The lowest BCUT2D eigenvalue weighted by molar-refractivity contribution is 0.116. The van der Waals surface area contributed by atoms with Gasteiger partial charge in [0, 0.05) is 13.7 Å². The average molecular weight is 199 g/mol. The smallest absolute Gasteiger partial charge is 0.0462 e. The molecule has 0 aliphatic heterocycles. The highest BCUT2D eigenvalue weighted by Crippen LogP contribution is 2.41. The number of rotatable bonds is 5. The van der Waals surface area contributed by atoms with Crippen LogP contribution in [0.3, 0.4) is 0 Å². The lowest BCUT2D eigenvalue weighted by Crippen LogP contribution is -2.35. The molecule has 0 amide bonds. The van der Waals surface area contributed by atoms with Gasteiger partial charge in [-0.05, 0) is 43.6 Å². The van der Waals surface area contributed by atoms with Crippen LogP contribution in [0.1, 0.15) is 45.4 Å². The molecule has 84 valence electrons. The van der Waals surface area contributed by atoms with Gasteiger partial charge in [0.15, 0.2) is 0 Å². The second-order valence-corrected chi connectivity index (χ2v) is 5.00. The minimum absolute atomic E-state index is 0.441. The third-order valence-electron chi connectivity index (χ3n) is 3.67. The molecule has 1 aliphatic carbocycles. The van der Waals surface area contributed by atoms with E-state index in [2.05, 4.69) is 6.92 Å². The first-order chi connectivity index (χ1) is 6.72. The van der Waals surface area contributed by atoms with E-state index in [1.54, 1.807) is 7.11 Å². The van der Waals surface area contributed by atoms with Crippen molar-refractivity contribution in [3.8, 4) is 0 Å². The van der Waals surface area contributed by atoms with Gasteiger partial charge in [-0.2, -0.15) is 0 Å². The maximum atomic E-state index is 5.94. The van der Waals surface area contributed by atoms with E-state index in [9.17, 15) is 0 Å². The summed E-state index contributed by atoms with van der Waals surface area (Å²) in [6.07, 6.45) is 7.84. The van der Waals surface area contributed by atoms with Crippen molar-refractivity contribution >= 4 is 0 Å². The Kier molecular flexibility index (Phi) is 4.90. The van der Waals surface area contributed by atoms with Gasteiger partial charge in [-0.3, -0.25) is 0 Å². The Balaban J connectivity index is 2.39. The Morgan fingerprint density at radius 3 is 2.86 bits per heavy atom. The van der Waals surface area contributed by atoms with E-state index in [-0.39, 0.29) is 0 Å². The summed E-state index contributed by atoms with van der Waals surface area (Å²) in [6.45, 7) is 4.11. The molecule has 2 unspecified atom stereocenters. The molecule has 2 atom stereocenters. The predicted molar refractivity (Wildman–Crippen MR) is 60.2 cm³/mol. The minimum Gasteiger partial charge on any atom is -0.385 e. The quantitative estimate of drug-likeness (QED) is 0.691. The Bertz CT molecular complexity index is 160. The first-order valence-corrected chi connectivity index (χ1v) is 5.91. The summed E-state index contributed by atoms with van der Waals surface area (Å²) in [5.41, 5.74) is 6.38. The van der Waals surface area contributed by atoms with Gasteiger partial charge in [0.25, 0.3) is 0 Å². The van der Waals surface area contributed by atoms with Crippen molar-refractivity contribution in [3.05, 3.63) is 0 Å². The molecule has 0 aromatic carbocycles. The fourth-order valence-corrected chi connectivity index (χ4v) is 2.87. The maximum absolute atomic E-state index is 5.94. The summed E-state index contributed by atoms with van der Waals surface area (Å²) >= 11 is 0. The standard InChI is InChI=1S/C12H25NO/c1-11-5-3-6-12(9-11,10-13)7-4-8-14-2/h11H,3-10,13H2,1-2H3. The minimum atomic E-state index is 0.441. The summed E-state index contributed by atoms with van der Waals surface area (Å²) in [4.78, 5) is 0. The zero-order valence-electron chi connectivity index (χ0n) is 9.72. The van der Waals surface area contributed by atoms with Crippen LogP contribution in [-0.2, 0) is 4.74 Å². The third kappa shape index (κ3) is 3.25. The zero-order valence-corrected chi connectivity index (χ0v) is 9.72. The molecule has 0 aromatic heterocycles. The van der Waals surface area contributed by atoms with Gasteiger partial charge in [0.05, 0.1) is 0 Å². The Labute approximate surface area is 88.2 Å². The molecule has 1 aliphatic rings. The van der Waals surface area contributed by atoms with Crippen molar-refractivity contribution in [2.45, 2.75) is 45.4 Å². The number of ether oxygens (including phenoxy) is 1. The molecule has 0 saturated heterocycles. The van der Waals surface area contributed by atoms with Gasteiger partial charge < -0.3 is 10.5 Å². The fourth-order valence-electron chi connectivity index (χ4n) is 2.87. The summed E-state index contributed by atoms with van der Waals surface area (Å²) in [6, 6.07) is 0. The van der Waals surface area contributed by atoms with Gasteiger partial charge in [-0.15, -0.1) is 0 Å². The Morgan fingerprint density at radius 1 is 1.50 bits per heavy atom. The van der Waals surface area contributed by atoms with Gasteiger partial charge in [-0.1, -0.05) is 19.8 Å². The summed E-state index contributed by atoms with van der Waals surface area (Å²) in [7, 11) is 1.78. The number of methoxy groups -OCH3 is 1. The molecule has 1 rings (SSSR count). The molecular formula is C12H25NO. The molecule has 2 N–H and O–H groups in total. The molecular weight excluding hydrogens is 174 g/mol. The van der Waals surface area contributed by atoms with E-state index in [1.807, 2.05) is 0 Å². The summed E-state index contributed by atoms with van der Waals surface area (Å²) in [5, 5.41) is 0. The molecule has 2 heteroatoms. The monoisotopic (exact) mass is 199 g/mol. The highest BCUT2D eigenvalue weighted by Gasteiger charge is 2.32. The summed E-state index contributed by atoms with van der Waals surface area (Å²) < 4.78 is 5.11. The first-order valence-electron chi connectivity index (χ1n) is 5.91. The van der Waals surface area contributed by atoms with Crippen LogP contribution in [0, 0.1) is 11.3 Å². The largest absolute Gasteiger partial charge is 0.385 e. The van der Waals surface area contributed by atoms with Crippen LogP contribution in [-0.4, -0.2) is 20.3 Å². The van der Waals surface area contributed by atoms with Crippen LogP contribution in [0.5, 0.6) is 0 Å². The van der Waals surface area contributed by atoms with Crippen LogP contribution in [0.15, 0.2) is 0 Å². The Hall–Kier alpha value is -0.0800. The van der Waals surface area contributed by atoms with Crippen molar-refractivity contribution in [1.29, 1.82) is 0 Å². The van der Waals surface area contributed by atoms with Crippen molar-refractivity contribution in [1.82, 2.24) is 0 Å². The van der Waals surface area contributed by atoms with Crippen molar-refractivity contribution in [2.75, 3.05) is 20.3 Å². The second kappa shape index (κ2) is 5.72. The lowest BCUT2D eigenvalue weighted by Gasteiger charge is -2.39. The third-order valence-corrected chi connectivity index (χ3v) is 3.67. The van der Waals surface area contributed by atoms with Crippen molar-refractivity contribution in [2.24, 2.45) is 17.1 Å². The molecule has 0 aromatic rings. The topological polar surface area (TPSA) is 35.2 Å². The van der Waals surface area contributed by atoms with E-state index < -0.39 is 0 Å². The summed E-state index contributed by atoms with van der Waals surface area (Å²) in [5.74, 6) is 0.870. The van der Waals surface area contributed by atoms with E-state index in [0.717, 1.165) is 19.1 Å². The fraction of sp³-hybridized carbons (Fsp3) is 1.00. The molecule has 14 heavy (non-hydrogen) atoms. The second-order valence-electron chi connectivity index (χ2n) is 5.00. The molecule has 0 bridgehead atoms.